The van der Waals surface area contributed by atoms with Crippen LogP contribution in [0.5, 0.6) is 11.5 Å². The maximum Gasteiger partial charge on any atom is 0.269 e. The molecular weight excluding hydrogens is 412 g/mol. The van der Waals surface area contributed by atoms with Crippen LogP contribution in [0.3, 0.4) is 0 Å². The van der Waals surface area contributed by atoms with Gasteiger partial charge in [0.05, 0.1) is 0 Å². The minimum Gasteiger partial charge on any atom is -0.454 e. The first-order chi connectivity index (χ1) is 12.9. The molecule has 5 aliphatic rings. The second-order valence-electron chi connectivity index (χ2n) is 8.86. The minimum atomic E-state index is -0.357. The zero-order valence-corrected chi connectivity index (χ0v) is 16.6. The van der Waals surface area contributed by atoms with Crippen LogP contribution >= 0.6 is 15.9 Å². The van der Waals surface area contributed by atoms with Crippen LogP contribution in [0, 0.1) is 17.3 Å². The molecule has 2 amide bonds. The first-order valence-corrected chi connectivity index (χ1v) is 10.4. The molecule has 0 saturated heterocycles. The molecule has 0 radical (unpaired) electrons. The minimum absolute atomic E-state index is 0.0845. The number of nitrogens with one attached hydrogen (secondary N) is 2. The third-order valence-electron chi connectivity index (χ3n) is 6.60. The van der Waals surface area contributed by atoms with Gasteiger partial charge in [-0.25, -0.2) is 0 Å². The van der Waals surface area contributed by atoms with Crippen molar-refractivity contribution in [3.8, 4) is 11.5 Å². The van der Waals surface area contributed by atoms with Gasteiger partial charge in [0.25, 0.3) is 5.91 Å². The topological polar surface area (TPSA) is 76.7 Å². The van der Waals surface area contributed by atoms with Gasteiger partial charge in [0.15, 0.2) is 11.5 Å². The fourth-order valence-electron chi connectivity index (χ4n) is 6.16. The summed E-state index contributed by atoms with van der Waals surface area (Å²) in [5.41, 5.74) is 5.65. The number of carbonyl (C=O) groups excluding carboxylic acids is 2. The summed E-state index contributed by atoms with van der Waals surface area (Å²) >= 11 is 3.98. The van der Waals surface area contributed by atoms with E-state index in [0.29, 0.717) is 23.5 Å². The van der Waals surface area contributed by atoms with Crippen molar-refractivity contribution in [2.75, 3.05) is 6.79 Å². The van der Waals surface area contributed by atoms with Crippen LogP contribution in [-0.4, -0.2) is 22.9 Å². The van der Waals surface area contributed by atoms with Gasteiger partial charge in [0.1, 0.15) is 0 Å². The first-order valence-electron chi connectivity index (χ1n) is 9.60. The molecule has 2 unspecified atom stereocenters. The summed E-state index contributed by atoms with van der Waals surface area (Å²) in [5.74, 6) is 2.18. The summed E-state index contributed by atoms with van der Waals surface area (Å²) in [4.78, 5) is 24.9. The second-order valence-corrected chi connectivity index (χ2v) is 10.5. The maximum absolute atomic E-state index is 12.6. The van der Waals surface area contributed by atoms with Gasteiger partial charge in [-0.15, -0.1) is 0 Å². The molecule has 2 atom stereocenters. The zero-order valence-electron chi connectivity index (χ0n) is 15.1. The number of alkyl halides is 1. The van der Waals surface area contributed by atoms with Crippen molar-refractivity contribution in [1.29, 1.82) is 0 Å². The van der Waals surface area contributed by atoms with E-state index in [0.717, 1.165) is 31.1 Å². The molecule has 4 bridgehead atoms. The standard InChI is InChI=1S/C20H23BrN2O4/c21-20-7-12-3-13(8-20)6-19(5-12,10-20)9-17(24)22-23-18(25)14-1-2-15-16(4-14)27-11-26-15/h1-2,4,12-13H,3,5-11H2,(H,22,24)(H,23,25). The van der Waals surface area contributed by atoms with E-state index < -0.39 is 0 Å². The van der Waals surface area contributed by atoms with Crippen LogP contribution in [0.4, 0.5) is 0 Å². The highest BCUT2D eigenvalue weighted by Crippen LogP contribution is 2.65. The lowest BCUT2D eigenvalue weighted by molar-refractivity contribution is -0.128. The number of rotatable bonds is 3. The van der Waals surface area contributed by atoms with Gasteiger partial charge in [-0.2, -0.15) is 0 Å². The molecule has 1 heterocycles. The number of halogens is 1. The molecule has 6 nitrogen and oxygen atoms in total. The Morgan fingerprint density at radius 1 is 1.07 bits per heavy atom. The fraction of sp³-hybridized carbons (Fsp3) is 0.600. The molecular formula is C20H23BrN2O4. The SMILES string of the molecule is O=C(CC12CC3CC(CC(Br)(C3)C1)C2)NNC(=O)c1ccc2c(c1)OCO2. The summed E-state index contributed by atoms with van der Waals surface area (Å²) < 4.78 is 10.8. The second kappa shape index (κ2) is 6.12. The first kappa shape index (κ1) is 17.3. The van der Waals surface area contributed by atoms with E-state index in [9.17, 15) is 9.59 Å². The number of ether oxygens (including phenoxy) is 2. The van der Waals surface area contributed by atoms with Gasteiger partial charge in [-0.1, -0.05) is 15.9 Å². The van der Waals surface area contributed by atoms with Gasteiger partial charge in [0.2, 0.25) is 12.7 Å². The fourth-order valence-corrected chi connectivity index (χ4v) is 7.67. The maximum atomic E-state index is 12.6. The van der Waals surface area contributed by atoms with E-state index >= 15 is 0 Å². The molecule has 4 aliphatic carbocycles. The molecule has 144 valence electrons. The van der Waals surface area contributed by atoms with Gasteiger partial charge in [-0.05, 0) is 74.0 Å². The van der Waals surface area contributed by atoms with Crippen LogP contribution < -0.4 is 20.3 Å². The molecule has 0 aromatic heterocycles. The smallest absolute Gasteiger partial charge is 0.269 e. The number of hydrazine groups is 1. The Balaban J connectivity index is 1.20. The van der Waals surface area contributed by atoms with E-state index in [4.69, 9.17) is 9.47 Å². The van der Waals surface area contributed by atoms with Crippen LogP contribution in [0.1, 0.15) is 55.3 Å². The number of amides is 2. The van der Waals surface area contributed by atoms with Gasteiger partial charge in [0, 0.05) is 16.3 Å². The summed E-state index contributed by atoms with van der Waals surface area (Å²) in [6, 6.07) is 4.98. The Morgan fingerprint density at radius 2 is 1.81 bits per heavy atom. The number of benzene rings is 1. The lowest BCUT2D eigenvalue weighted by Gasteiger charge is -2.60. The molecule has 1 aliphatic heterocycles. The molecule has 6 rings (SSSR count). The highest BCUT2D eigenvalue weighted by molar-refractivity contribution is 9.10. The monoisotopic (exact) mass is 434 g/mol. The number of hydrogen-bond acceptors (Lipinski definition) is 4. The van der Waals surface area contributed by atoms with Crippen molar-refractivity contribution in [2.45, 2.75) is 49.3 Å². The van der Waals surface area contributed by atoms with Crippen molar-refractivity contribution in [2.24, 2.45) is 17.3 Å². The lowest BCUT2D eigenvalue weighted by Crippen LogP contribution is -2.54. The molecule has 4 fully saturated rings. The van der Waals surface area contributed by atoms with Gasteiger partial charge < -0.3 is 9.47 Å². The van der Waals surface area contributed by atoms with Gasteiger partial charge in [-0.3, -0.25) is 20.4 Å². The largest absolute Gasteiger partial charge is 0.454 e. The Labute approximate surface area is 166 Å². The Morgan fingerprint density at radius 3 is 2.56 bits per heavy atom. The summed E-state index contributed by atoms with van der Waals surface area (Å²) in [7, 11) is 0. The van der Waals surface area contributed by atoms with Crippen LogP contribution in [0.25, 0.3) is 0 Å². The Kier molecular flexibility index (Phi) is 3.93. The summed E-state index contributed by atoms with van der Waals surface area (Å²) in [6.45, 7) is 0.163. The lowest BCUT2D eigenvalue weighted by atomic mass is 9.48. The van der Waals surface area contributed by atoms with Crippen LogP contribution in [0.2, 0.25) is 0 Å². The van der Waals surface area contributed by atoms with Gasteiger partial charge >= 0.3 is 0 Å². The predicted molar refractivity (Wildman–Crippen MR) is 102 cm³/mol. The van der Waals surface area contributed by atoms with E-state index in [1.54, 1.807) is 18.2 Å². The van der Waals surface area contributed by atoms with Crippen molar-refractivity contribution < 1.29 is 19.1 Å². The zero-order chi connectivity index (χ0) is 18.6. The summed E-state index contributed by atoms with van der Waals surface area (Å²) in [6.07, 6.45) is 7.63. The third kappa shape index (κ3) is 3.20. The van der Waals surface area contributed by atoms with E-state index in [1.807, 2.05) is 0 Å². The average Bonchev–Trinajstić information content (AvgIpc) is 3.04. The predicted octanol–water partition coefficient (Wildman–Crippen LogP) is 3.30. The number of hydrogen-bond donors (Lipinski definition) is 2. The molecule has 0 spiro atoms. The van der Waals surface area contributed by atoms with E-state index in [-0.39, 0.29) is 28.3 Å². The molecule has 1 aromatic rings. The average molecular weight is 435 g/mol. The number of carbonyl (C=O) groups is 2. The third-order valence-corrected chi connectivity index (χ3v) is 7.52. The molecule has 2 N–H and O–H groups in total. The molecule has 4 saturated carbocycles. The number of fused-ring (bicyclic) bond motifs is 1. The van der Waals surface area contributed by atoms with E-state index in [1.165, 1.54) is 19.3 Å². The molecule has 1 aromatic carbocycles. The normalized spacial score (nSPS) is 35.1. The van der Waals surface area contributed by atoms with Crippen LogP contribution in [-0.2, 0) is 4.79 Å². The van der Waals surface area contributed by atoms with Crippen molar-refractivity contribution in [1.82, 2.24) is 10.9 Å². The highest BCUT2D eigenvalue weighted by atomic mass is 79.9. The van der Waals surface area contributed by atoms with Crippen molar-refractivity contribution in [3.05, 3.63) is 23.8 Å². The summed E-state index contributed by atoms with van der Waals surface area (Å²) in [5, 5.41) is 0. The van der Waals surface area contributed by atoms with Crippen LogP contribution in [0.15, 0.2) is 18.2 Å². The quantitative estimate of drug-likeness (QED) is 0.565. The molecule has 27 heavy (non-hydrogen) atoms. The molecule has 7 heteroatoms. The van der Waals surface area contributed by atoms with E-state index in [2.05, 4.69) is 26.8 Å². The van der Waals surface area contributed by atoms with Crippen molar-refractivity contribution in [3.63, 3.8) is 0 Å². The van der Waals surface area contributed by atoms with Crippen molar-refractivity contribution >= 4 is 27.7 Å². The Hall–Kier alpha value is -1.76. The highest BCUT2D eigenvalue weighted by Gasteiger charge is 2.57. The Bertz CT molecular complexity index is 797.